The maximum atomic E-state index is 12.3. The Labute approximate surface area is 166 Å². The number of rotatable bonds is 7. The largest absolute Gasteiger partial charge is 0.494 e. The van der Waals surface area contributed by atoms with Gasteiger partial charge in [0.25, 0.3) is 5.56 Å². The number of anilines is 1. The van der Waals surface area contributed by atoms with Gasteiger partial charge in [-0.15, -0.1) is 10.2 Å². The van der Waals surface area contributed by atoms with Crippen LogP contribution in [0.4, 0.5) is 5.69 Å². The van der Waals surface area contributed by atoms with Crippen LogP contribution in [0.3, 0.4) is 0 Å². The zero-order chi connectivity index (χ0) is 19.9. The fraction of sp³-hybridized carbons (Fsp3) is 0.200. The first-order valence-corrected chi connectivity index (χ1v) is 9.73. The van der Waals surface area contributed by atoms with Gasteiger partial charge in [0.2, 0.25) is 5.91 Å². The number of H-pyrrole nitrogens is 1. The van der Waals surface area contributed by atoms with Crippen LogP contribution in [0, 0.1) is 6.92 Å². The summed E-state index contributed by atoms with van der Waals surface area (Å²) < 4.78 is 5.36. The van der Waals surface area contributed by atoms with Gasteiger partial charge in [0.15, 0.2) is 10.9 Å². The molecule has 28 heavy (non-hydrogen) atoms. The van der Waals surface area contributed by atoms with Crippen molar-refractivity contribution >= 4 is 23.4 Å². The number of ether oxygens (including phenoxy) is 1. The molecule has 2 N–H and O–H groups in total. The second-order valence-electron chi connectivity index (χ2n) is 5.97. The Bertz CT molecular complexity index is 1000. The zero-order valence-electron chi connectivity index (χ0n) is 15.6. The predicted molar refractivity (Wildman–Crippen MR) is 110 cm³/mol. The lowest BCUT2D eigenvalue weighted by Gasteiger charge is -2.07. The zero-order valence-corrected chi connectivity index (χ0v) is 16.4. The molecule has 0 bridgehead atoms. The third-order valence-electron chi connectivity index (χ3n) is 3.79. The molecule has 7 nitrogen and oxygen atoms in total. The van der Waals surface area contributed by atoms with E-state index in [1.165, 1.54) is 0 Å². The number of aryl methyl sites for hydroxylation is 1. The third kappa shape index (κ3) is 5.20. The van der Waals surface area contributed by atoms with Crippen molar-refractivity contribution in [2.45, 2.75) is 19.0 Å². The molecule has 1 heterocycles. The number of aromatic nitrogens is 3. The van der Waals surface area contributed by atoms with Crippen LogP contribution in [0.1, 0.15) is 12.5 Å². The highest BCUT2D eigenvalue weighted by molar-refractivity contribution is 7.99. The van der Waals surface area contributed by atoms with E-state index in [1.54, 1.807) is 24.3 Å². The van der Waals surface area contributed by atoms with Crippen LogP contribution >= 0.6 is 11.8 Å². The molecule has 0 fully saturated rings. The van der Waals surface area contributed by atoms with Crippen LogP contribution < -0.4 is 15.6 Å². The summed E-state index contributed by atoms with van der Waals surface area (Å²) >= 11 is 1.11. The van der Waals surface area contributed by atoms with E-state index in [0.717, 1.165) is 23.1 Å². The lowest BCUT2D eigenvalue weighted by Crippen LogP contribution is -2.17. The van der Waals surface area contributed by atoms with Crippen LogP contribution in [-0.4, -0.2) is 33.4 Å². The van der Waals surface area contributed by atoms with Gasteiger partial charge >= 0.3 is 0 Å². The minimum atomic E-state index is -0.340. The van der Waals surface area contributed by atoms with Crippen molar-refractivity contribution < 1.29 is 9.53 Å². The molecule has 2 aromatic carbocycles. The fourth-order valence-electron chi connectivity index (χ4n) is 2.42. The van der Waals surface area contributed by atoms with Crippen molar-refractivity contribution in [1.29, 1.82) is 0 Å². The number of amides is 1. The van der Waals surface area contributed by atoms with Gasteiger partial charge in [-0.25, -0.2) is 0 Å². The SMILES string of the molecule is CCOc1ccc(NC(=O)CSc2nnc(-c3ccc(C)cc3)c(=O)[nH]2)cc1. The van der Waals surface area contributed by atoms with E-state index in [9.17, 15) is 9.59 Å². The van der Waals surface area contributed by atoms with Gasteiger partial charge in [-0.3, -0.25) is 14.6 Å². The molecule has 8 heteroatoms. The Morgan fingerprint density at radius 1 is 1.11 bits per heavy atom. The first-order valence-electron chi connectivity index (χ1n) is 8.74. The molecule has 0 atom stereocenters. The standard InChI is InChI=1S/C20H20N4O3S/c1-3-27-16-10-8-15(9-11-16)21-17(25)12-28-20-22-19(26)18(23-24-20)14-6-4-13(2)5-7-14/h4-11H,3,12H2,1-2H3,(H,21,25)(H,22,24,26). The van der Waals surface area contributed by atoms with Crippen molar-refractivity contribution in [3.05, 3.63) is 64.4 Å². The van der Waals surface area contributed by atoms with Crippen molar-refractivity contribution in [1.82, 2.24) is 15.2 Å². The molecule has 144 valence electrons. The van der Waals surface area contributed by atoms with Gasteiger partial charge in [0.05, 0.1) is 12.4 Å². The Morgan fingerprint density at radius 3 is 2.46 bits per heavy atom. The average Bonchev–Trinajstić information content (AvgIpc) is 2.69. The molecular formula is C20H20N4O3S. The summed E-state index contributed by atoms with van der Waals surface area (Å²) in [7, 11) is 0. The average molecular weight is 396 g/mol. The summed E-state index contributed by atoms with van der Waals surface area (Å²) in [6.07, 6.45) is 0. The molecule has 0 aliphatic carbocycles. The molecule has 0 aliphatic rings. The van der Waals surface area contributed by atoms with Crippen molar-refractivity contribution in [3.8, 4) is 17.0 Å². The maximum Gasteiger partial charge on any atom is 0.278 e. The van der Waals surface area contributed by atoms with Crippen molar-refractivity contribution in [2.24, 2.45) is 0 Å². The number of thioether (sulfide) groups is 1. The molecule has 0 saturated carbocycles. The molecule has 0 spiro atoms. The molecular weight excluding hydrogens is 376 g/mol. The highest BCUT2D eigenvalue weighted by Gasteiger charge is 2.10. The summed E-state index contributed by atoms with van der Waals surface area (Å²) in [5, 5.41) is 11.1. The minimum absolute atomic E-state index is 0.0989. The summed E-state index contributed by atoms with van der Waals surface area (Å²) in [6.45, 7) is 4.47. The predicted octanol–water partition coefficient (Wildman–Crippen LogP) is 3.27. The molecule has 1 amide bonds. The molecule has 1 aromatic heterocycles. The highest BCUT2D eigenvalue weighted by atomic mass is 32.2. The topological polar surface area (TPSA) is 97.0 Å². The maximum absolute atomic E-state index is 12.3. The first-order chi connectivity index (χ1) is 13.5. The molecule has 0 saturated heterocycles. The van der Waals surface area contributed by atoms with Gasteiger partial charge in [-0.05, 0) is 38.1 Å². The van der Waals surface area contributed by atoms with E-state index in [-0.39, 0.29) is 22.9 Å². The molecule has 3 rings (SSSR count). The number of benzene rings is 2. The molecule has 0 aliphatic heterocycles. The van der Waals surface area contributed by atoms with Gasteiger partial charge in [0, 0.05) is 11.3 Å². The Hall–Kier alpha value is -3.13. The highest BCUT2D eigenvalue weighted by Crippen LogP contribution is 2.18. The molecule has 0 unspecified atom stereocenters. The van der Waals surface area contributed by atoms with E-state index in [0.29, 0.717) is 23.0 Å². The van der Waals surface area contributed by atoms with Crippen LogP contribution in [0.5, 0.6) is 5.75 Å². The van der Waals surface area contributed by atoms with E-state index >= 15 is 0 Å². The van der Waals surface area contributed by atoms with Gasteiger partial charge in [-0.2, -0.15) is 0 Å². The smallest absolute Gasteiger partial charge is 0.278 e. The van der Waals surface area contributed by atoms with Gasteiger partial charge < -0.3 is 10.1 Å². The molecule has 3 aromatic rings. The normalized spacial score (nSPS) is 10.5. The summed E-state index contributed by atoms with van der Waals surface area (Å²) in [5.41, 5.74) is 2.38. The third-order valence-corrected chi connectivity index (χ3v) is 4.65. The quantitative estimate of drug-likeness (QED) is 0.595. The number of nitrogens with zero attached hydrogens (tertiary/aromatic N) is 2. The first kappa shape index (κ1) is 19.6. The van der Waals surface area contributed by atoms with Crippen LogP contribution in [0.15, 0.2) is 58.5 Å². The Balaban J connectivity index is 1.58. The van der Waals surface area contributed by atoms with E-state index in [4.69, 9.17) is 4.74 Å². The van der Waals surface area contributed by atoms with E-state index < -0.39 is 0 Å². The Kier molecular flexibility index (Phi) is 6.44. The summed E-state index contributed by atoms with van der Waals surface area (Å²) in [6, 6.07) is 14.6. The summed E-state index contributed by atoms with van der Waals surface area (Å²) in [4.78, 5) is 27.0. The van der Waals surface area contributed by atoms with Gasteiger partial charge in [-0.1, -0.05) is 41.6 Å². The second kappa shape index (κ2) is 9.18. The number of carbonyl (C=O) groups excluding carboxylic acids is 1. The van der Waals surface area contributed by atoms with Crippen molar-refractivity contribution in [3.63, 3.8) is 0 Å². The van der Waals surface area contributed by atoms with Crippen molar-refractivity contribution in [2.75, 3.05) is 17.7 Å². The molecule has 0 radical (unpaired) electrons. The van der Waals surface area contributed by atoms with Crippen LogP contribution in [-0.2, 0) is 4.79 Å². The Morgan fingerprint density at radius 2 is 1.82 bits per heavy atom. The van der Waals surface area contributed by atoms with Crippen LogP contribution in [0.25, 0.3) is 11.3 Å². The monoisotopic (exact) mass is 396 g/mol. The summed E-state index contributed by atoms with van der Waals surface area (Å²) in [5.74, 6) is 0.637. The number of hydrogen-bond acceptors (Lipinski definition) is 6. The number of nitrogens with one attached hydrogen (secondary N) is 2. The fourth-order valence-corrected chi connectivity index (χ4v) is 3.02. The number of carbonyl (C=O) groups is 1. The van der Waals surface area contributed by atoms with Gasteiger partial charge in [0.1, 0.15) is 5.75 Å². The number of hydrogen-bond donors (Lipinski definition) is 2. The second-order valence-corrected chi connectivity index (χ2v) is 6.93. The lowest BCUT2D eigenvalue weighted by molar-refractivity contribution is -0.113. The minimum Gasteiger partial charge on any atom is -0.494 e. The lowest BCUT2D eigenvalue weighted by atomic mass is 10.1. The van der Waals surface area contributed by atoms with Crippen LogP contribution in [0.2, 0.25) is 0 Å². The van der Waals surface area contributed by atoms with E-state index in [2.05, 4.69) is 20.5 Å². The number of aromatic amines is 1. The van der Waals surface area contributed by atoms with E-state index in [1.807, 2.05) is 38.1 Å².